The number of carbonyl (C=O) groups excluding carboxylic acids is 2. The van der Waals surface area contributed by atoms with Crippen LogP contribution in [0.25, 0.3) is 0 Å². The van der Waals surface area contributed by atoms with Gasteiger partial charge in [-0.05, 0) is 27.6 Å². The van der Waals surface area contributed by atoms with Gasteiger partial charge >= 0.3 is 0 Å². The van der Waals surface area contributed by atoms with Crippen LogP contribution in [0.3, 0.4) is 0 Å². The average molecular weight is 327 g/mol. The molecule has 1 heterocycles. The summed E-state index contributed by atoms with van der Waals surface area (Å²) in [7, 11) is 0. The quantitative estimate of drug-likeness (QED) is 0.484. The van der Waals surface area contributed by atoms with Crippen LogP contribution < -0.4 is 0 Å². The first-order valence-corrected chi connectivity index (χ1v) is 6.46. The molecule has 1 fully saturated rings. The summed E-state index contributed by atoms with van der Waals surface area (Å²) < 4.78 is 0.369. The number of hydrogen-bond acceptors (Lipinski definition) is 4. The third-order valence-electron chi connectivity index (χ3n) is 3.02. The van der Waals surface area contributed by atoms with Crippen molar-refractivity contribution in [3.63, 3.8) is 0 Å². The van der Waals surface area contributed by atoms with Crippen molar-refractivity contribution in [3.05, 3.63) is 38.3 Å². The summed E-state index contributed by atoms with van der Waals surface area (Å²) in [6.07, 6.45) is 0.206. The van der Waals surface area contributed by atoms with Crippen molar-refractivity contribution < 1.29 is 14.5 Å². The third kappa shape index (κ3) is 2.65. The molecule has 1 aliphatic rings. The smallest absolute Gasteiger partial charge is 0.278 e. The summed E-state index contributed by atoms with van der Waals surface area (Å²) in [6.45, 7) is 1.78. The van der Waals surface area contributed by atoms with Crippen molar-refractivity contribution in [1.82, 2.24) is 4.90 Å². The number of nitro groups is 1. The molecule has 6 nitrogen and oxygen atoms in total. The zero-order valence-corrected chi connectivity index (χ0v) is 11.7. The number of benzene rings is 1. The van der Waals surface area contributed by atoms with Crippen LogP contribution in [0.4, 0.5) is 5.69 Å². The Kier molecular flexibility index (Phi) is 3.66. The highest BCUT2D eigenvalue weighted by Crippen LogP contribution is 2.27. The SMILES string of the molecule is CC1CC(=O)N(Cc2ccc(Br)c([N+](=O)[O-])c2)C1=O. The molecule has 0 radical (unpaired) electrons. The fourth-order valence-corrected chi connectivity index (χ4v) is 2.38. The second-order valence-electron chi connectivity index (χ2n) is 4.47. The molecule has 0 spiro atoms. The molecule has 1 saturated heterocycles. The Morgan fingerprint density at radius 1 is 1.47 bits per heavy atom. The zero-order valence-electron chi connectivity index (χ0n) is 10.1. The van der Waals surface area contributed by atoms with Crippen molar-refractivity contribution in [2.24, 2.45) is 5.92 Å². The van der Waals surface area contributed by atoms with Crippen molar-refractivity contribution in [1.29, 1.82) is 0 Å². The Hall–Kier alpha value is -1.76. The number of carbonyl (C=O) groups is 2. The number of imide groups is 1. The Labute approximate surface area is 117 Å². The van der Waals surface area contributed by atoms with Crippen molar-refractivity contribution in [2.45, 2.75) is 19.9 Å². The Bertz CT molecular complexity index is 573. The molecular formula is C12H11BrN2O4. The maximum absolute atomic E-state index is 11.8. The van der Waals surface area contributed by atoms with Crippen molar-refractivity contribution in [2.75, 3.05) is 0 Å². The van der Waals surface area contributed by atoms with Gasteiger partial charge in [-0.1, -0.05) is 13.0 Å². The predicted molar refractivity (Wildman–Crippen MR) is 70.1 cm³/mol. The minimum atomic E-state index is -0.510. The van der Waals surface area contributed by atoms with Crippen LogP contribution in [0, 0.1) is 16.0 Å². The van der Waals surface area contributed by atoms with E-state index in [0.717, 1.165) is 4.90 Å². The second kappa shape index (κ2) is 5.08. The molecule has 1 atom stereocenters. The minimum absolute atomic E-state index is 0.0790. The number of halogens is 1. The summed E-state index contributed by atoms with van der Waals surface area (Å²) in [5, 5.41) is 10.8. The van der Waals surface area contributed by atoms with Gasteiger partial charge in [-0.25, -0.2) is 0 Å². The van der Waals surface area contributed by atoms with Crippen LogP contribution >= 0.6 is 15.9 Å². The summed E-state index contributed by atoms with van der Waals surface area (Å²) in [5.74, 6) is -0.767. The summed E-state index contributed by atoms with van der Waals surface area (Å²) in [6, 6.07) is 4.57. The van der Waals surface area contributed by atoms with Gasteiger partial charge in [-0.3, -0.25) is 24.6 Å². The van der Waals surface area contributed by atoms with Gasteiger partial charge in [0.1, 0.15) is 0 Å². The predicted octanol–water partition coefficient (Wildman–Crippen LogP) is 2.25. The van der Waals surface area contributed by atoms with Crippen LogP contribution in [0.5, 0.6) is 0 Å². The third-order valence-corrected chi connectivity index (χ3v) is 3.69. The van der Waals surface area contributed by atoms with Crippen molar-refractivity contribution in [3.8, 4) is 0 Å². The number of nitro benzene ring substituents is 1. The van der Waals surface area contributed by atoms with E-state index in [2.05, 4.69) is 15.9 Å². The number of nitrogens with zero attached hydrogens (tertiary/aromatic N) is 2. The van der Waals surface area contributed by atoms with Gasteiger partial charge in [0.2, 0.25) is 11.8 Å². The van der Waals surface area contributed by atoms with Gasteiger partial charge < -0.3 is 0 Å². The molecule has 1 aromatic rings. The van der Waals surface area contributed by atoms with E-state index < -0.39 is 4.92 Å². The highest BCUT2D eigenvalue weighted by atomic mass is 79.9. The average Bonchev–Trinajstić information content (AvgIpc) is 2.58. The molecule has 100 valence electrons. The van der Waals surface area contributed by atoms with Gasteiger partial charge in [0.05, 0.1) is 15.9 Å². The van der Waals surface area contributed by atoms with E-state index in [-0.39, 0.29) is 36.4 Å². The first-order valence-electron chi connectivity index (χ1n) is 5.67. The van der Waals surface area contributed by atoms with Crippen LogP contribution in [-0.2, 0) is 16.1 Å². The Morgan fingerprint density at radius 2 is 2.16 bits per heavy atom. The lowest BCUT2D eigenvalue weighted by Crippen LogP contribution is -2.29. The fourth-order valence-electron chi connectivity index (χ4n) is 1.99. The van der Waals surface area contributed by atoms with E-state index in [1.54, 1.807) is 19.1 Å². The zero-order chi connectivity index (χ0) is 14.2. The maximum Gasteiger partial charge on any atom is 0.283 e. The topological polar surface area (TPSA) is 80.5 Å². The molecule has 0 aromatic heterocycles. The first-order chi connectivity index (χ1) is 8.90. The molecular weight excluding hydrogens is 316 g/mol. The summed E-state index contributed by atoms with van der Waals surface area (Å²) >= 11 is 3.09. The second-order valence-corrected chi connectivity index (χ2v) is 5.32. The maximum atomic E-state index is 11.8. The standard InChI is InChI=1S/C12H11BrN2O4/c1-7-4-11(16)14(12(7)17)6-8-2-3-9(13)10(5-8)15(18)19/h2-3,5,7H,4,6H2,1H3. The molecule has 0 saturated carbocycles. The van der Waals surface area contributed by atoms with Gasteiger partial charge in [0.25, 0.3) is 5.69 Å². The van der Waals surface area contributed by atoms with Gasteiger partial charge in [0, 0.05) is 18.4 Å². The van der Waals surface area contributed by atoms with Crippen LogP contribution in [0.2, 0.25) is 0 Å². The van der Waals surface area contributed by atoms with Gasteiger partial charge in [-0.2, -0.15) is 0 Å². The number of rotatable bonds is 3. The molecule has 2 amide bonds. The van der Waals surface area contributed by atoms with E-state index in [1.807, 2.05) is 0 Å². The molecule has 2 rings (SSSR count). The van der Waals surface area contributed by atoms with Crippen molar-refractivity contribution >= 4 is 33.4 Å². The van der Waals surface area contributed by atoms with E-state index in [0.29, 0.717) is 10.0 Å². The first kappa shape index (κ1) is 13.7. The molecule has 1 aliphatic heterocycles. The van der Waals surface area contributed by atoms with E-state index in [1.165, 1.54) is 6.07 Å². The number of amides is 2. The highest BCUT2D eigenvalue weighted by Gasteiger charge is 2.35. The molecule has 19 heavy (non-hydrogen) atoms. The van der Waals surface area contributed by atoms with E-state index in [9.17, 15) is 19.7 Å². The van der Waals surface area contributed by atoms with E-state index in [4.69, 9.17) is 0 Å². The monoisotopic (exact) mass is 326 g/mol. The molecule has 0 bridgehead atoms. The number of hydrogen-bond donors (Lipinski definition) is 0. The Morgan fingerprint density at radius 3 is 2.68 bits per heavy atom. The largest absolute Gasteiger partial charge is 0.283 e. The van der Waals surface area contributed by atoms with Gasteiger partial charge in [-0.15, -0.1) is 0 Å². The molecule has 7 heteroatoms. The normalized spacial score (nSPS) is 19.1. The van der Waals surface area contributed by atoms with Crippen LogP contribution in [-0.4, -0.2) is 21.6 Å². The molecule has 1 unspecified atom stereocenters. The molecule has 1 aromatic carbocycles. The van der Waals surface area contributed by atoms with E-state index >= 15 is 0 Å². The van der Waals surface area contributed by atoms with Gasteiger partial charge in [0.15, 0.2) is 0 Å². The Balaban J connectivity index is 2.25. The number of likely N-dealkylation sites (tertiary alicyclic amines) is 1. The fraction of sp³-hybridized carbons (Fsp3) is 0.333. The van der Waals surface area contributed by atoms with Crippen LogP contribution in [0.15, 0.2) is 22.7 Å². The minimum Gasteiger partial charge on any atom is -0.278 e. The lowest BCUT2D eigenvalue weighted by molar-refractivity contribution is -0.385. The summed E-state index contributed by atoms with van der Waals surface area (Å²) in [5.41, 5.74) is 0.482. The van der Waals surface area contributed by atoms with Crippen LogP contribution in [0.1, 0.15) is 18.9 Å². The summed E-state index contributed by atoms with van der Waals surface area (Å²) in [4.78, 5) is 34.9. The molecule has 0 N–H and O–H groups in total. The lowest BCUT2D eigenvalue weighted by atomic mass is 10.1. The highest BCUT2D eigenvalue weighted by molar-refractivity contribution is 9.10. The molecule has 0 aliphatic carbocycles. The lowest BCUT2D eigenvalue weighted by Gasteiger charge is -2.14.